The number of carbonyl (C=O) groups excluding carboxylic acids is 2. The molecule has 0 aromatic heterocycles. The molecule has 0 aromatic carbocycles. The van der Waals surface area contributed by atoms with E-state index in [1.165, 1.54) is 0 Å². The highest BCUT2D eigenvalue weighted by Gasteiger charge is 2.27. The molecule has 0 aromatic rings. The van der Waals surface area contributed by atoms with Crippen LogP contribution >= 0.6 is 7.82 Å². The maximum atomic E-state index is 12.7. The predicted octanol–water partition coefficient (Wildman–Crippen LogP) is 12.1. The second-order valence-electron chi connectivity index (χ2n) is 15.8. The molecule has 346 valence electrons. The van der Waals surface area contributed by atoms with Crippen molar-refractivity contribution >= 4 is 19.8 Å². The van der Waals surface area contributed by atoms with Gasteiger partial charge in [-0.05, 0) is 103 Å². The summed E-state index contributed by atoms with van der Waals surface area (Å²) in [6.45, 7) is 2.17. The number of likely N-dealkylation sites (N-methyl/N-ethyl adjacent to an activating group) is 1. The summed E-state index contributed by atoms with van der Waals surface area (Å²) < 4.78 is 34.2. The lowest BCUT2D eigenvalue weighted by Gasteiger charge is -2.24. The van der Waals surface area contributed by atoms with Crippen LogP contribution in [0.3, 0.4) is 0 Å². The van der Waals surface area contributed by atoms with Crippen LogP contribution < -0.4 is 0 Å². The lowest BCUT2D eigenvalue weighted by Crippen LogP contribution is -2.37. The molecule has 0 aliphatic rings. The molecule has 0 saturated heterocycles. The van der Waals surface area contributed by atoms with Crippen molar-refractivity contribution in [1.82, 2.24) is 0 Å². The van der Waals surface area contributed by atoms with Crippen LogP contribution in [0.2, 0.25) is 0 Å². The average Bonchev–Trinajstić information content (AvgIpc) is 3.21. The molecule has 0 spiro atoms. The first-order valence-corrected chi connectivity index (χ1v) is 24.2. The Bertz CT molecular complexity index is 1400. The van der Waals surface area contributed by atoms with Gasteiger partial charge in [-0.25, -0.2) is 4.57 Å². The molecule has 11 heteroatoms. The highest BCUT2D eigenvalue weighted by Crippen LogP contribution is 2.43. The summed E-state index contributed by atoms with van der Waals surface area (Å²) in [5.74, 6) is -0.929. The topological polar surface area (TPSA) is 129 Å². The van der Waals surface area contributed by atoms with Crippen molar-refractivity contribution in [3.8, 4) is 0 Å². The van der Waals surface area contributed by atoms with E-state index >= 15 is 0 Å². The standard InChI is InChI=1S/C50H82NO9P/c1-5-6-7-8-9-10-11-12-13-14-15-17-21-24-27-30-33-36-39-42-50(54)60-48(47-59-61(55,56)58-45-43-51(2,3)4)46-57-49(53)41-38-35-32-29-26-23-20-18-16-19-22-25-28-31-34-37-40-44-52/h6-7,9-10,12-13,15-17,19-20,23-25,27-29,32,48,52H,5,8,11,14,18,21-22,26,30-31,33-47H2,1-4H3/p+1/b7-6-,10-9-,13-12-,17-15-,19-16-,23-20-,27-24-,28-25-,32-29-/t48-/m1/s1. The Morgan fingerprint density at radius 3 is 1.43 bits per heavy atom. The van der Waals surface area contributed by atoms with Crippen LogP contribution in [0, 0.1) is 0 Å². The highest BCUT2D eigenvalue weighted by atomic mass is 31.2. The Balaban J connectivity index is 4.52. The van der Waals surface area contributed by atoms with Crippen molar-refractivity contribution in [2.45, 2.75) is 141 Å². The molecule has 0 rings (SSSR count). The minimum atomic E-state index is -4.41. The van der Waals surface area contributed by atoms with Gasteiger partial charge in [-0.3, -0.25) is 18.6 Å². The second-order valence-corrected chi connectivity index (χ2v) is 17.2. The molecule has 1 unspecified atom stereocenters. The molecular weight excluding hydrogens is 790 g/mol. The Kier molecular flexibility index (Phi) is 39.6. The Morgan fingerprint density at radius 1 is 0.541 bits per heavy atom. The van der Waals surface area contributed by atoms with Gasteiger partial charge in [0.25, 0.3) is 0 Å². The average molecular weight is 873 g/mol. The van der Waals surface area contributed by atoms with Gasteiger partial charge in [0.05, 0.1) is 27.7 Å². The van der Waals surface area contributed by atoms with Crippen LogP contribution in [0.4, 0.5) is 0 Å². The predicted molar refractivity (Wildman–Crippen MR) is 253 cm³/mol. The summed E-state index contributed by atoms with van der Waals surface area (Å²) >= 11 is 0. The summed E-state index contributed by atoms with van der Waals surface area (Å²) in [4.78, 5) is 35.4. The largest absolute Gasteiger partial charge is 0.472 e. The molecular formula is C50H83NO9P+. The third kappa shape index (κ3) is 46.0. The van der Waals surface area contributed by atoms with E-state index < -0.39 is 32.5 Å². The fraction of sp³-hybridized carbons (Fsp3) is 0.600. The Morgan fingerprint density at radius 2 is 0.967 bits per heavy atom. The quantitative estimate of drug-likeness (QED) is 0.0203. The SMILES string of the molecule is CC/C=C\C/C=C\C/C=C\C/C=C\C/C=C\CCCCCC(=O)O[C@H](COC(=O)CCC/C=C\C/C=C\C/C=C\C/C=C\CCCCCO)COP(=O)(O)OCC[N+](C)(C)C. The van der Waals surface area contributed by atoms with Gasteiger partial charge in [-0.15, -0.1) is 0 Å². The number of carbonyl (C=O) groups is 2. The number of allylic oxidation sites excluding steroid dienone is 18. The number of quaternary nitrogens is 1. The number of unbranched alkanes of at least 4 members (excludes halogenated alkanes) is 7. The molecule has 0 heterocycles. The number of phosphoric acid groups is 1. The molecule has 10 nitrogen and oxygen atoms in total. The number of esters is 2. The first-order chi connectivity index (χ1) is 29.5. The number of nitrogens with zero attached hydrogens (tertiary/aromatic N) is 1. The van der Waals surface area contributed by atoms with Gasteiger partial charge in [-0.2, -0.15) is 0 Å². The number of aliphatic hydroxyl groups is 1. The molecule has 0 aliphatic carbocycles. The molecule has 0 fully saturated rings. The third-order valence-electron chi connectivity index (χ3n) is 8.84. The highest BCUT2D eigenvalue weighted by molar-refractivity contribution is 7.47. The van der Waals surface area contributed by atoms with Crippen LogP contribution in [0.25, 0.3) is 0 Å². The maximum absolute atomic E-state index is 12.7. The van der Waals surface area contributed by atoms with Crippen molar-refractivity contribution in [2.75, 3.05) is 54.1 Å². The van der Waals surface area contributed by atoms with E-state index in [4.69, 9.17) is 23.6 Å². The number of ether oxygens (including phenoxy) is 2. The number of phosphoric ester groups is 1. The maximum Gasteiger partial charge on any atom is 0.472 e. The molecule has 0 aliphatic heterocycles. The number of rotatable bonds is 40. The minimum absolute atomic E-state index is 0.00499. The zero-order valence-corrected chi connectivity index (χ0v) is 39.2. The van der Waals surface area contributed by atoms with Gasteiger partial charge in [-0.1, -0.05) is 129 Å². The van der Waals surface area contributed by atoms with Crippen LogP contribution in [0.5, 0.6) is 0 Å². The van der Waals surface area contributed by atoms with Crippen molar-refractivity contribution in [2.24, 2.45) is 0 Å². The number of aliphatic hydroxyl groups excluding tert-OH is 1. The van der Waals surface area contributed by atoms with E-state index in [1.807, 2.05) is 27.2 Å². The summed E-state index contributed by atoms with van der Waals surface area (Å²) in [5, 5.41) is 8.80. The van der Waals surface area contributed by atoms with E-state index in [2.05, 4.69) is 110 Å². The van der Waals surface area contributed by atoms with E-state index in [0.29, 0.717) is 23.9 Å². The van der Waals surface area contributed by atoms with Gasteiger partial charge in [0, 0.05) is 19.4 Å². The molecule has 2 atom stereocenters. The van der Waals surface area contributed by atoms with Gasteiger partial charge < -0.3 is 24.0 Å². The van der Waals surface area contributed by atoms with Crippen LogP contribution in [-0.2, 0) is 32.7 Å². The summed E-state index contributed by atoms with van der Waals surface area (Å²) in [6, 6.07) is 0. The third-order valence-corrected chi connectivity index (χ3v) is 9.83. The fourth-order valence-corrected chi connectivity index (χ4v) is 6.05. The van der Waals surface area contributed by atoms with Gasteiger partial charge in [0.1, 0.15) is 19.8 Å². The van der Waals surface area contributed by atoms with E-state index in [1.54, 1.807) is 0 Å². The normalized spacial score (nSPS) is 14.5. The smallest absolute Gasteiger partial charge is 0.462 e. The van der Waals surface area contributed by atoms with E-state index in [0.717, 1.165) is 103 Å². The van der Waals surface area contributed by atoms with Crippen LogP contribution in [-0.4, -0.2) is 86.6 Å². The Labute approximate surface area is 370 Å². The van der Waals surface area contributed by atoms with Gasteiger partial charge in [0.15, 0.2) is 6.10 Å². The Hall–Kier alpha value is -3.37. The molecule has 61 heavy (non-hydrogen) atoms. The first kappa shape index (κ1) is 57.6. The van der Waals surface area contributed by atoms with Gasteiger partial charge >= 0.3 is 19.8 Å². The molecule has 0 radical (unpaired) electrons. The minimum Gasteiger partial charge on any atom is -0.462 e. The first-order valence-electron chi connectivity index (χ1n) is 22.7. The molecule has 0 amide bonds. The zero-order chi connectivity index (χ0) is 45.0. The van der Waals surface area contributed by atoms with Crippen molar-refractivity contribution in [3.05, 3.63) is 109 Å². The van der Waals surface area contributed by atoms with Crippen LogP contribution in [0.15, 0.2) is 109 Å². The number of hydrogen-bond acceptors (Lipinski definition) is 8. The summed E-state index contributed by atoms with van der Waals surface area (Å²) in [7, 11) is 1.39. The molecule has 0 saturated carbocycles. The van der Waals surface area contributed by atoms with Crippen molar-refractivity contribution in [3.63, 3.8) is 0 Å². The summed E-state index contributed by atoms with van der Waals surface area (Å²) in [6.07, 6.45) is 54.4. The van der Waals surface area contributed by atoms with Gasteiger partial charge in [0.2, 0.25) is 0 Å². The number of hydrogen-bond donors (Lipinski definition) is 2. The van der Waals surface area contributed by atoms with Crippen LogP contribution in [0.1, 0.15) is 135 Å². The monoisotopic (exact) mass is 873 g/mol. The lowest BCUT2D eigenvalue weighted by molar-refractivity contribution is -0.870. The molecule has 2 N–H and O–H groups in total. The summed E-state index contributed by atoms with van der Waals surface area (Å²) in [5.41, 5.74) is 0. The fourth-order valence-electron chi connectivity index (χ4n) is 5.30. The zero-order valence-electron chi connectivity index (χ0n) is 38.3. The van der Waals surface area contributed by atoms with Crippen molar-refractivity contribution < 1.29 is 47.2 Å². The van der Waals surface area contributed by atoms with E-state index in [9.17, 15) is 19.0 Å². The van der Waals surface area contributed by atoms with Crippen molar-refractivity contribution in [1.29, 1.82) is 0 Å². The lowest BCUT2D eigenvalue weighted by atomic mass is 10.1. The second kappa shape index (κ2) is 42.0. The molecule has 0 bridgehead atoms. The van der Waals surface area contributed by atoms with E-state index in [-0.39, 0.29) is 32.7 Å².